The van der Waals surface area contributed by atoms with Crippen LogP contribution in [-0.4, -0.2) is 45.9 Å². The van der Waals surface area contributed by atoms with E-state index in [1.807, 2.05) is 23.9 Å². The van der Waals surface area contributed by atoms with Gasteiger partial charge in [-0.15, -0.1) is 0 Å². The van der Waals surface area contributed by atoms with Crippen molar-refractivity contribution in [2.75, 3.05) is 25.6 Å². The highest BCUT2D eigenvalue weighted by Crippen LogP contribution is 2.15. The second kappa shape index (κ2) is 6.19. The van der Waals surface area contributed by atoms with Gasteiger partial charge >= 0.3 is 0 Å². The van der Waals surface area contributed by atoms with Crippen LogP contribution in [0, 0.1) is 6.92 Å². The van der Waals surface area contributed by atoms with Crippen LogP contribution in [0.25, 0.3) is 5.82 Å². The Kier molecular flexibility index (Phi) is 4.12. The van der Waals surface area contributed by atoms with Crippen LogP contribution in [0.3, 0.4) is 0 Å². The Balaban J connectivity index is 1.82. The number of rotatable bonds is 5. The summed E-state index contributed by atoms with van der Waals surface area (Å²) in [7, 11) is 1.65. The standard InChI is InChI=1S/C14H19N5O2/c1-10-5-15-14(17-11-3-4-21-8-11)18-13(10)19-6-12(7-20-2)16-9-19/h5-6,9,11H,3-4,7-8H2,1-2H3,(H,15,17,18). The maximum Gasteiger partial charge on any atom is 0.224 e. The molecular formula is C14H19N5O2. The van der Waals surface area contributed by atoms with Gasteiger partial charge in [0.05, 0.1) is 24.9 Å². The first-order valence-electron chi connectivity index (χ1n) is 6.96. The van der Waals surface area contributed by atoms with E-state index in [0.29, 0.717) is 19.2 Å². The monoisotopic (exact) mass is 289 g/mol. The number of anilines is 1. The Hall–Kier alpha value is -1.99. The second-order valence-corrected chi connectivity index (χ2v) is 5.11. The predicted octanol–water partition coefficient (Wildman–Crippen LogP) is 1.32. The molecule has 1 aliphatic rings. The molecule has 0 aromatic carbocycles. The maximum absolute atomic E-state index is 5.35. The van der Waals surface area contributed by atoms with Gasteiger partial charge in [0.2, 0.25) is 5.95 Å². The Morgan fingerprint density at radius 3 is 3.14 bits per heavy atom. The molecule has 1 saturated heterocycles. The molecular weight excluding hydrogens is 270 g/mol. The zero-order chi connectivity index (χ0) is 14.7. The van der Waals surface area contributed by atoms with Gasteiger partial charge in [-0.2, -0.15) is 4.98 Å². The lowest BCUT2D eigenvalue weighted by molar-refractivity contribution is 0.182. The molecule has 2 aromatic heterocycles. The highest BCUT2D eigenvalue weighted by atomic mass is 16.5. The van der Waals surface area contributed by atoms with Crippen molar-refractivity contribution in [2.24, 2.45) is 0 Å². The predicted molar refractivity (Wildman–Crippen MR) is 77.5 cm³/mol. The summed E-state index contributed by atoms with van der Waals surface area (Å²) in [5.74, 6) is 1.44. The van der Waals surface area contributed by atoms with Gasteiger partial charge in [-0.1, -0.05) is 0 Å². The molecule has 1 aliphatic heterocycles. The van der Waals surface area contributed by atoms with Gasteiger partial charge < -0.3 is 14.8 Å². The number of hydrogen-bond acceptors (Lipinski definition) is 6. The third-order valence-electron chi connectivity index (χ3n) is 3.38. The van der Waals surface area contributed by atoms with Crippen molar-refractivity contribution < 1.29 is 9.47 Å². The fraction of sp³-hybridized carbons (Fsp3) is 0.500. The van der Waals surface area contributed by atoms with E-state index >= 15 is 0 Å². The molecule has 1 unspecified atom stereocenters. The molecule has 1 atom stereocenters. The molecule has 1 fully saturated rings. The van der Waals surface area contributed by atoms with Gasteiger partial charge in [0, 0.05) is 31.7 Å². The van der Waals surface area contributed by atoms with Gasteiger partial charge in [0.25, 0.3) is 0 Å². The van der Waals surface area contributed by atoms with Crippen molar-refractivity contribution in [2.45, 2.75) is 26.0 Å². The number of hydrogen-bond donors (Lipinski definition) is 1. The molecule has 7 nitrogen and oxygen atoms in total. The highest BCUT2D eigenvalue weighted by molar-refractivity contribution is 5.39. The van der Waals surface area contributed by atoms with Crippen LogP contribution in [0.5, 0.6) is 0 Å². The van der Waals surface area contributed by atoms with Gasteiger partial charge in [0.15, 0.2) is 0 Å². The van der Waals surface area contributed by atoms with Crippen molar-refractivity contribution >= 4 is 5.95 Å². The van der Waals surface area contributed by atoms with Crippen LogP contribution in [0.1, 0.15) is 17.7 Å². The van der Waals surface area contributed by atoms with Crippen molar-refractivity contribution in [3.63, 3.8) is 0 Å². The zero-order valence-electron chi connectivity index (χ0n) is 12.2. The van der Waals surface area contributed by atoms with Crippen molar-refractivity contribution in [1.29, 1.82) is 0 Å². The van der Waals surface area contributed by atoms with Crippen LogP contribution < -0.4 is 5.32 Å². The van der Waals surface area contributed by atoms with Crippen LogP contribution in [0.4, 0.5) is 5.95 Å². The smallest absolute Gasteiger partial charge is 0.224 e. The van der Waals surface area contributed by atoms with E-state index in [4.69, 9.17) is 9.47 Å². The molecule has 112 valence electrons. The Morgan fingerprint density at radius 2 is 2.38 bits per heavy atom. The fourth-order valence-corrected chi connectivity index (χ4v) is 2.30. The van der Waals surface area contributed by atoms with Crippen LogP contribution in [0.15, 0.2) is 18.7 Å². The summed E-state index contributed by atoms with van der Waals surface area (Å²) in [4.78, 5) is 13.2. The molecule has 21 heavy (non-hydrogen) atoms. The highest BCUT2D eigenvalue weighted by Gasteiger charge is 2.17. The third kappa shape index (κ3) is 3.20. The molecule has 0 bridgehead atoms. The molecule has 7 heteroatoms. The van der Waals surface area contributed by atoms with E-state index in [1.165, 1.54) is 0 Å². The van der Waals surface area contributed by atoms with Crippen LogP contribution in [-0.2, 0) is 16.1 Å². The molecule has 1 N–H and O–H groups in total. The number of imidazole rings is 1. The average molecular weight is 289 g/mol. The van der Waals surface area contributed by atoms with Crippen molar-refractivity contribution in [3.8, 4) is 5.82 Å². The largest absolute Gasteiger partial charge is 0.379 e. The minimum absolute atomic E-state index is 0.285. The number of nitrogens with one attached hydrogen (secondary N) is 1. The normalized spacial score (nSPS) is 18.1. The third-order valence-corrected chi connectivity index (χ3v) is 3.38. The Labute approximate surface area is 123 Å². The lowest BCUT2D eigenvalue weighted by Crippen LogP contribution is -2.21. The summed E-state index contributed by atoms with van der Waals surface area (Å²) in [6.07, 6.45) is 6.46. The van der Waals surface area contributed by atoms with Gasteiger partial charge in [-0.25, -0.2) is 9.97 Å². The maximum atomic E-state index is 5.35. The lowest BCUT2D eigenvalue weighted by atomic mass is 10.3. The number of ether oxygens (including phenoxy) is 2. The summed E-state index contributed by atoms with van der Waals surface area (Å²) in [5, 5.41) is 3.30. The van der Waals surface area contributed by atoms with E-state index in [9.17, 15) is 0 Å². The minimum atomic E-state index is 0.285. The molecule has 0 spiro atoms. The van der Waals surface area contributed by atoms with E-state index in [-0.39, 0.29) is 6.04 Å². The summed E-state index contributed by atoms with van der Waals surface area (Å²) >= 11 is 0. The lowest BCUT2D eigenvalue weighted by Gasteiger charge is -2.12. The van der Waals surface area contributed by atoms with Gasteiger partial charge in [-0.05, 0) is 13.3 Å². The molecule has 0 amide bonds. The number of methoxy groups -OCH3 is 1. The van der Waals surface area contributed by atoms with E-state index < -0.39 is 0 Å². The van der Waals surface area contributed by atoms with E-state index in [1.54, 1.807) is 13.4 Å². The summed E-state index contributed by atoms with van der Waals surface area (Å²) in [6.45, 7) is 3.96. The van der Waals surface area contributed by atoms with Gasteiger partial charge in [-0.3, -0.25) is 4.57 Å². The van der Waals surface area contributed by atoms with Gasteiger partial charge in [0.1, 0.15) is 12.1 Å². The number of nitrogens with zero attached hydrogens (tertiary/aromatic N) is 4. The minimum Gasteiger partial charge on any atom is -0.379 e. The SMILES string of the molecule is COCc1cn(-c2nc(NC3CCOC3)ncc2C)cn1. The van der Waals surface area contributed by atoms with Crippen molar-refractivity contribution in [1.82, 2.24) is 19.5 Å². The first-order valence-corrected chi connectivity index (χ1v) is 6.96. The second-order valence-electron chi connectivity index (χ2n) is 5.11. The number of aryl methyl sites for hydroxylation is 1. The summed E-state index contributed by atoms with van der Waals surface area (Å²) in [5.41, 5.74) is 1.86. The van der Waals surface area contributed by atoms with Crippen LogP contribution in [0.2, 0.25) is 0 Å². The zero-order valence-corrected chi connectivity index (χ0v) is 12.2. The van der Waals surface area contributed by atoms with E-state index in [2.05, 4.69) is 20.3 Å². The van der Waals surface area contributed by atoms with Crippen molar-refractivity contribution in [3.05, 3.63) is 30.0 Å². The van der Waals surface area contributed by atoms with Crippen LogP contribution >= 0.6 is 0 Å². The molecule has 0 radical (unpaired) electrons. The first-order chi connectivity index (χ1) is 10.3. The summed E-state index contributed by atoms with van der Waals surface area (Å²) in [6, 6.07) is 0.285. The molecule has 0 saturated carbocycles. The first kappa shape index (κ1) is 14.0. The molecule has 0 aliphatic carbocycles. The Bertz CT molecular complexity index is 607. The fourth-order valence-electron chi connectivity index (χ4n) is 2.30. The quantitative estimate of drug-likeness (QED) is 0.895. The molecule has 3 rings (SSSR count). The molecule has 3 heterocycles. The topological polar surface area (TPSA) is 74.1 Å². The average Bonchev–Trinajstić information content (AvgIpc) is 3.13. The van der Waals surface area contributed by atoms with E-state index in [0.717, 1.165) is 30.1 Å². The Morgan fingerprint density at radius 1 is 1.48 bits per heavy atom. The summed E-state index contributed by atoms with van der Waals surface area (Å²) < 4.78 is 12.3. The number of aromatic nitrogens is 4. The molecule has 2 aromatic rings.